The summed E-state index contributed by atoms with van der Waals surface area (Å²) >= 11 is 14.8. The summed E-state index contributed by atoms with van der Waals surface area (Å²) in [5.74, 6) is -0.560. The van der Waals surface area contributed by atoms with Gasteiger partial charge in [-0.05, 0) is 12.0 Å². The second kappa shape index (κ2) is 5.66. The molecule has 1 aromatic rings. The van der Waals surface area contributed by atoms with Gasteiger partial charge in [0, 0.05) is 12.1 Å². The molecule has 0 heterocycles. The largest absolute Gasteiger partial charge is 0.369 e. The molecule has 0 radical (unpaired) electrons. The monoisotopic (exact) mass is 340 g/mol. The summed E-state index contributed by atoms with van der Waals surface area (Å²) in [6.07, 6.45) is 0.172. The minimum Gasteiger partial charge on any atom is -0.369 e. The van der Waals surface area contributed by atoms with Crippen LogP contribution in [0.5, 0.6) is 0 Å². The number of nitro benzene ring substituents is 1. The number of carbonyl (C=O) groups is 1. The Labute approximate surface area is 115 Å². The number of hydrogen-bond donors (Lipinski definition) is 1. The zero-order valence-electron chi connectivity index (χ0n) is 8.32. The lowest BCUT2D eigenvalue weighted by Crippen LogP contribution is -2.25. The third-order valence-corrected chi connectivity index (χ3v) is 3.48. The number of alkyl halides is 1. The van der Waals surface area contributed by atoms with Crippen LogP contribution >= 0.6 is 39.1 Å². The Kier molecular flexibility index (Phi) is 4.73. The van der Waals surface area contributed by atoms with Crippen LogP contribution in [-0.4, -0.2) is 15.7 Å². The molecule has 8 heteroatoms. The first kappa shape index (κ1) is 14.2. The molecular weight excluding hydrogens is 335 g/mol. The molecule has 0 saturated heterocycles. The number of primary amides is 1. The van der Waals surface area contributed by atoms with Gasteiger partial charge in [-0.15, -0.1) is 0 Å². The molecule has 1 aromatic carbocycles. The van der Waals surface area contributed by atoms with Crippen molar-refractivity contribution in [1.82, 2.24) is 0 Å². The van der Waals surface area contributed by atoms with Crippen molar-refractivity contribution in [3.63, 3.8) is 0 Å². The molecule has 5 nitrogen and oxygen atoms in total. The Balaban J connectivity index is 3.10. The van der Waals surface area contributed by atoms with E-state index in [2.05, 4.69) is 15.9 Å². The predicted molar refractivity (Wildman–Crippen MR) is 68.7 cm³/mol. The zero-order valence-corrected chi connectivity index (χ0v) is 11.4. The normalized spacial score (nSPS) is 12.2. The topological polar surface area (TPSA) is 86.2 Å². The Morgan fingerprint density at radius 2 is 1.94 bits per heavy atom. The summed E-state index contributed by atoms with van der Waals surface area (Å²) < 4.78 is 0. The minimum absolute atomic E-state index is 0.134. The van der Waals surface area contributed by atoms with Crippen LogP contribution in [0.25, 0.3) is 0 Å². The highest BCUT2D eigenvalue weighted by Gasteiger charge is 2.19. The van der Waals surface area contributed by atoms with Gasteiger partial charge in [0.1, 0.15) is 0 Å². The van der Waals surface area contributed by atoms with Crippen LogP contribution in [0.3, 0.4) is 0 Å². The van der Waals surface area contributed by atoms with E-state index in [0.717, 1.165) is 0 Å². The average molecular weight is 342 g/mol. The Bertz CT molecular complexity index is 458. The molecule has 1 unspecified atom stereocenters. The Morgan fingerprint density at radius 3 is 2.29 bits per heavy atom. The van der Waals surface area contributed by atoms with Crippen LogP contribution in [0.2, 0.25) is 10.0 Å². The highest BCUT2D eigenvalue weighted by molar-refractivity contribution is 9.10. The lowest BCUT2D eigenvalue weighted by molar-refractivity contribution is -0.384. The molecule has 0 aliphatic rings. The van der Waals surface area contributed by atoms with Crippen LogP contribution in [0, 0.1) is 10.1 Å². The van der Waals surface area contributed by atoms with Crippen molar-refractivity contribution in [3.8, 4) is 0 Å². The quantitative estimate of drug-likeness (QED) is 0.519. The van der Waals surface area contributed by atoms with Crippen molar-refractivity contribution >= 4 is 50.7 Å². The van der Waals surface area contributed by atoms with E-state index in [1.54, 1.807) is 0 Å². The Hall–Kier alpha value is -0.850. The standard InChI is InChI=1S/C9H7BrCl2N2O3/c10-6(9(13)15)3-5-7(11)1-4(14(16)17)2-8(5)12/h1-2,6H,3H2,(H2,13,15). The van der Waals surface area contributed by atoms with Gasteiger partial charge in [0.25, 0.3) is 5.69 Å². The number of rotatable bonds is 4. The van der Waals surface area contributed by atoms with Crippen molar-refractivity contribution < 1.29 is 9.72 Å². The van der Waals surface area contributed by atoms with Gasteiger partial charge in [0.15, 0.2) is 0 Å². The molecule has 0 saturated carbocycles. The van der Waals surface area contributed by atoms with Gasteiger partial charge in [-0.25, -0.2) is 0 Å². The molecule has 2 N–H and O–H groups in total. The van der Waals surface area contributed by atoms with E-state index in [1.807, 2.05) is 0 Å². The number of non-ortho nitro benzene ring substituents is 1. The van der Waals surface area contributed by atoms with Crippen LogP contribution in [0.15, 0.2) is 12.1 Å². The summed E-state index contributed by atoms with van der Waals surface area (Å²) in [6, 6.07) is 2.37. The summed E-state index contributed by atoms with van der Waals surface area (Å²) in [4.78, 5) is 20.2. The summed E-state index contributed by atoms with van der Waals surface area (Å²) in [5.41, 5.74) is 5.33. The van der Waals surface area contributed by atoms with Gasteiger partial charge >= 0.3 is 0 Å². The highest BCUT2D eigenvalue weighted by atomic mass is 79.9. The fourth-order valence-electron chi connectivity index (χ4n) is 1.17. The molecule has 1 rings (SSSR count). The number of nitrogens with zero attached hydrogens (tertiary/aromatic N) is 1. The molecule has 0 fully saturated rings. The molecule has 92 valence electrons. The second-order valence-corrected chi connectivity index (χ2v) is 5.14. The molecule has 0 spiro atoms. The van der Waals surface area contributed by atoms with Gasteiger partial charge in [-0.2, -0.15) is 0 Å². The fourth-order valence-corrected chi connectivity index (χ4v) is 2.12. The maximum Gasteiger partial charge on any atom is 0.272 e. The van der Waals surface area contributed by atoms with E-state index >= 15 is 0 Å². The van der Waals surface area contributed by atoms with E-state index in [9.17, 15) is 14.9 Å². The zero-order chi connectivity index (χ0) is 13.2. The number of carbonyl (C=O) groups excluding carboxylic acids is 1. The SMILES string of the molecule is NC(=O)C(Br)Cc1c(Cl)cc([N+](=O)[O-])cc1Cl. The van der Waals surface area contributed by atoms with E-state index < -0.39 is 15.7 Å². The Morgan fingerprint density at radius 1 is 1.47 bits per heavy atom. The van der Waals surface area contributed by atoms with Crippen molar-refractivity contribution in [2.75, 3.05) is 0 Å². The van der Waals surface area contributed by atoms with Crippen molar-refractivity contribution in [2.24, 2.45) is 5.73 Å². The molecule has 0 aromatic heterocycles. The minimum atomic E-state index is -0.626. The molecule has 0 aliphatic carbocycles. The van der Waals surface area contributed by atoms with Crippen molar-refractivity contribution in [1.29, 1.82) is 0 Å². The lowest BCUT2D eigenvalue weighted by atomic mass is 10.1. The van der Waals surface area contributed by atoms with Crippen LogP contribution < -0.4 is 5.73 Å². The molecule has 17 heavy (non-hydrogen) atoms. The third kappa shape index (κ3) is 3.55. The van der Waals surface area contributed by atoms with E-state index in [-0.39, 0.29) is 22.2 Å². The lowest BCUT2D eigenvalue weighted by Gasteiger charge is -2.09. The smallest absolute Gasteiger partial charge is 0.272 e. The first-order chi connectivity index (χ1) is 7.82. The number of halogens is 3. The molecule has 0 aliphatic heterocycles. The third-order valence-electron chi connectivity index (χ3n) is 2.03. The number of benzene rings is 1. The van der Waals surface area contributed by atoms with Gasteiger partial charge in [-0.3, -0.25) is 14.9 Å². The first-order valence-corrected chi connectivity index (χ1v) is 6.05. The summed E-state index contributed by atoms with van der Waals surface area (Å²) in [5, 5.41) is 10.8. The molecule has 1 amide bonds. The average Bonchev–Trinajstić information content (AvgIpc) is 2.22. The van der Waals surface area contributed by atoms with E-state index in [1.165, 1.54) is 12.1 Å². The van der Waals surface area contributed by atoms with Gasteiger partial charge < -0.3 is 5.73 Å². The van der Waals surface area contributed by atoms with E-state index in [4.69, 9.17) is 28.9 Å². The first-order valence-electron chi connectivity index (χ1n) is 4.38. The molecule has 0 bridgehead atoms. The van der Waals surface area contributed by atoms with Crippen molar-refractivity contribution in [2.45, 2.75) is 11.2 Å². The summed E-state index contributed by atoms with van der Waals surface area (Å²) in [6.45, 7) is 0. The molecular formula is C9H7BrCl2N2O3. The number of nitro groups is 1. The van der Waals surface area contributed by atoms with Gasteiger partial charge in [-0.1, -0.05) is 39.1 Å². The molecule has 1 atom stereocenters. The second-order valence-electron chi connectivity index (χ2n) is 3.22. The van der Waals surface area contributed by atoms with Crippen molar-refractivity contribution in [3.05, 3.63) is 37.9 Å². The van der Waals surface area contributed by atoms with E-state index in [0.29, 0.717) is 5.56 Å². The van der Waals surface area contributed by atoms with Crippen LogP contribution in [-0.2, 0) is 11.2 Å². The maximum atomic E-state index is 10.9. The maximum absolute atomic E-state index is 10.9. The van der Waals surface area contributed by atoms with Crippen LogP contribution in [0.4, 0.5) is 5.69 Å². The predicted octanol–water partition coefficient (Wildman–Crippen LogP) is 2.69. The number of amides is 1. The number of nitrogens with two attached hydrogens (primary N) is 1. The highest BCUT2D eigenvalue weighted by Crippen LogP contribution is 2.31. The number of hydrogen-bond acceptors (Lipinski definition) is 3. The van der Waals surface area contributed by atoms with Gasteiger partial charge in [0.2, 0.25) is 5.91 Å². The summed E-state index contributed by atoms with van der Waals surface area (Å²) in [7, 11) is 0. The van der Waals surface area contributed by atoms with Crippen LogP contribution in [0.1, 0.15) is 5.56 Å². The van der Waals surface area contributed by atoms with Gasteiger partial charge in [0.05, 0.1) is 19.8 Å². The fraction of sp³-hybridized carbons (Fsp3) is 0.222.